The van der Waals surface area contributed by atoms with Gasteiger partial charge in [-0.25, -0.2) is 15.0 Å². The lowest BCUT2D eigenvalue weighted by Crippen LogP contribution is -2.26. The van der Waals surface area contributed by atoms with Crippen molar-refractivity contribution in [3.8, 4) is 5.88 Å². The SMILES string of the molecule is CC[C@H](Sc1nc(N)nc2nc[nH]c12)C(=O)Nc1nccc(OCC(F)(F)F)n1. The van der Waals surface area contributed by atoms with Gasteiger partial charge in [0, 0.05) is 12.3 Å². The number of nitrogens with two attached hydrogens (primary N) is 1. The van der Waals surface area contributed by atoms with Crippen LogP contribution in [0.25, 0.3) is 11.2 Å². The highest BCUT2D eigenvalue weighted by atomic mass is 32.2. The van der Waals surface area contributed by atoms with Gasteiger partial charge in [-0.1, -0.05) is 18.7 Å². The zero-order chi connectivity index (χ0) is 21.0. The maximum Gasteiger partial charge on any atom is 0.422 e. The minimum Gasteiger partial charge on any atom is -0.468 e. The lowest BCUT2D eigenvalue weighted by molar-refractivity contribution is -0.154. The number of amides is 1. The number of aromatic amines is 1. The number of alkyl halides is 3. The molecule has 0 fully saturated rings. The fraction of sp³-hybridized carbons (Fsp3) is 0.333. The molecular formula is C15H15F3N8O2S. The van der Waals surface area contributed by atoms with E-state index in [0.29, 0.717) is 22.6 Å². The van der Waals surface area contributed by atoms with Crippen LogP contribution in [0.3, 0.4) is 0 Å². The summed E-state index contributed by atoms with van der Waals surface area (Å²) in [5.74, 6) is -0.936. The number of halogens is 3. The first kappa shape index (κ1) is 20.6. The minimum atomic E-state index is -4.50. The molecule has 14 heteroatoms. The number of nitrogens with one attached hydrogen (secondary N) is 2. The summed E-state index contributed by atoms with van der Waals surface area (Å²) in [5, 5.41) is 2.29. The minimum absolute atomic E-state index is 0.0141. The zero-order valence-electron chi connectivity index (χ0n) is 14.9. The molecule has 0 aliphatic rings. The fourth-order valence-electron chi connectivity index (χ4n) is 2.19. The second-order valence-electron chi connectivity index (χ2n) is 5.61. The molecule has 0 saturated carbocycles. The number of hydrogen-bond acceptors (Lipinski definition) is 9. The average Bonchev–Trinajstić information content (AvgIpc) is 3.12. The number of fused-ring (bicyclic) bond motifs is 1. The van der Waals surface area contributed by atoms with Gasteiger partial charge in [-0.2, -0.15) is 23.1 Å². The summed E-state index contributed by atoms with van der Waals surface area (Å²) in [6.45, 7) is 0.288. The number of ether oxygens (including phenoxy) is 1. The lowest BCUT2D eigenvalue weighted by atomic mass is 10.3. The first-order valence-corrected chi connectivity index (χ1v) is 9.10. The van der Waals surface area contributed by atoms with Crippen LogP contribution in [0.4, 0.5) is 25.1 Å². The number of thioether (sulfide) groups is 1. The van der Waals surface area contributed by atoms with E-state index in [9.17, 15) is 18.0 Å². The first-order chi connectivity index (χ1) is 13.7. The standard InChI is InChI=1S/C15H15F3N8O2S/c1-2-7(29-12-9-10(22-6-21-9)24-13(19)26-12)11(27)25-14-20-4-3-8(23-14)28-5-15(16,17)18/h3-4,6-7H,2,5H2,1H3,(H,20,23,25,27)(H3,19,21,22,24,26)/t7-/m0/s1. The maximum absolute atomic E-state index is 12.6. The molecular weight excluding hydrogens is 413 g/mol. The monoisotopic (exact) mass is 428 g/mol. The third-order valence-electron chi connectivity index (χ3n) is 3.44. The molecule has 0 saturated heterocycles. The molecule has 3 rings (SSSR count). The van der Waals surface area contributed by atoms with Crippen LogP contribution >= 0.6 is 11.8 Å². The Morgan fingerprint density at radius 1 is 1.34 bits per heavy atom. The Bertz CT molecular complexity index is 1010. The summed E-state index contributed by atoms with van der Waals surface area (Å²) in [5.41, 5.74) is 6.58. The highest BCUT2D eigenvalue weighted by molar-refractivity contribution is 8.00. The molecule has 3 aromatic rings. The van der Waals surface area contributed by atoms with Crippen LogP contribution in [0.2, 0.25) is 0 Å². The van der Waals surface area contributed by atoms with E-state index in [2.05, 4.69) is 40.0 Å². The van der Waals surface area contributed by atoms with E-state index in [-0.39, 0.29) is 17.8 Å². The summed E-state index contributed by atoms with van der Waals surface area (Å²) < 4.78 is 41.3. The molecule has 0 bridgehead atoms. The zero-order valence-corrected chi connectivity index (χ0v) is 15.7. The van der Waals surface area contributed by atoms with Gasteiger partial charge in [0.25, 0.3) is 0 Å². The second-order valence-corrected chi connectivity index (χ2v) is 6.81. The van der Waals surface area contributed by atoms with Crippen LogP contribution in [0.15, 0.2) is 23.6 Å². The molecule has 0 radical (unpaired) electrons. The summed E-state index contributed by atoms with van der Waals surface area (Å²) in [4.78, 5) is 35.2. The van der Waals surface area contributed by atoms with Crippen molar-refractivity contribution >= 4 is 40.7 Å². The quantitative estimate of drug-likeness (QED) is 0.381. The number of nitrogens with zero attached hydrogens (tertiary/aromatic N) is 5. The Hall–Kier alpha value is -3.16. The van der Waals surface area contributed by atoms with Crippen molar-refractivity contribution < 1.29 is 22.7 Å². The van der Waals surface area contributed by atoms with Crippen LogP contribution in [-0.2, 0) is 4.79 Å². The predicted octanol–water partition coefficient (Wildman–Crippen LogP) is 2.18. The molecule has 10 nitrogen and oxygen atoms in total. The van der Waals surface area contributed by atoms with E-state index in [0.717, 1.165) is 17.8 Å². The van der Waals surface area contributed by atoms with Crippen molar-refractivity contribution in [3.05, 3.63) is 18.6 Å². The van der Waals surface area contributed by atoms with E-state index in [4.69, 9.17) is 5.73 Å². The van der Waals surface area contributed by atoms with Crippen LogP contribution in [0, 0.1) is 0 Å². The Morgan fingerprint density at radius 3 is 2.86 bits per heavy atom. The normalized spacial score (nSPS) is 12.7. The number of anilines is 2. The molecule has 0 aromatic carbocycles. The van der Waals surface area contributed by atoms with E-state index in [1.807, 2.05) is 0 Å². The average molecular weight is 428 g/mol. The molecule has 154 valence electrons. The van der Waals surface area contributed by atoms with Gasteiger partial charge >= 0.3 is 6.18 Å². The number of imidazole rings is 1. The Kier molecular flexibility index (Phi) is 6.00. The van der Waals surface area contributed by atoms with E-state index < -0.39 is 23.9 Å². The van der Waals surface area contributed by atoms with Crippen molar-refractivity contribution in [2.24, 2.45) is 0 Å². The Morgan fingerprint density at radius 2 is 2.14 bits per heavy atom. The number of aromatic nitrogens is 6. The molecule has 0 aliphatic heterocycles. The summed E-state index contributed by atoms with van der Waals surface area (Å²) >= 11 is 1.13. The first-order valence-electron chi connectivity index (χ1n) is 8.22. The molecule has 1 amide bonds. The van der Waals surface area contributed by atoms with Gasteiger partial charge in [-0.3, -0.25) is 10.1 Å². The van der Waals surface area contributed by atoms with Crippen molar-refractivity contribution in [2.75, 3.05) is 17.7 Å². The highest BCUT2D eigenvalue weighted by Gasteiger charge is 2.29. The maximum atomic E-state index is 12.6. The molecule has 29 heavy (non-hydrogen) atoms. The van der Waals surface area contributed by atoms with Crippen LogP contribution in [-0.4, -0.2) is 53.8 Å². The molecule has 1 atom stereocenters. The highest BCUT2D eigenvalue weighted by Crippen LogP contribution is 2.29. The Balaban J connectivity index is 1.71. The fourth-order valence-corrected chi connectivity index (χ4v) is 3.21. The predicted molar refractivity (Wildman–Crippen MR) is 98.2 cm³/mol. The number of H-pyrrole nitrogens is 1. The van der Waals surface area contributed by atoms with Gasteiger partial charge in [-0.15, -0.1) is 0 Å². The molecule has 3 aromatic heterocycles. The van der Waals surface area contributed by atoms with Crippen molar-refractivity contribution in [1.29, 1.82) is 0 Å². The van der Waals surface area contributed by atoms with Crippen LogP contribution < -0.4 is 15.8 Å². The topological polar surface area (TPSA) is 145 Å². The van der Waals surface area contributed by atoms with Gasteiger partial charge < -0.3 is 15.5 Å². The third-order valence-corrected chi connectivity index (χ3v) is 4.79. The number of rotatable bonds is 7. The number of hydrogen-bond donors (Lipinski definition) is 3. The van der Waals surface area contributed by atoms with Gasteiger partial charge in [-0.05, 0) is 6.42 Å². The summed E-state index contributed by atoms with van der Waals surface area (Å²) in [6, 6.07) is 1.16. The number of carbonyl (C=O) groups is 1. The van der Waals surface area contributed by atoms with Gasteiger partial charge in [0.2, 0.25) is 23.7 Å². The van der Waals surface area contributed by atoms with Gasteiger partial charge in [0.1, 0.15) is 10.5 Å². The van der Waals surface area contributed by atoms with Gasteiger partial charge in [0.15, 0.2) is 12.3 Å². The third kappa shape index (κ3) is 5.43. The summed E-state index contributed by atoms with van der Waals surface area (Å²) in [6.07, 6.45) is -1.47. The molecule has 4 N–H and O–H groups in total. The molecule has 3 heterocycles. The molecule has 0 spiro atoms. The number of nitrogen functional groups attached to an aromatic ring is 1. The van der Waals surface area contributed by atoms with Crippen LogP contribution in [0.1, 0.15) is 13.3 Å². The number of carbonyl (C=O) groups excluding carboxylic acids is 1. The molecule has 0 unspecified atom stereocenters. The van der Waals surface area contributed by atoms with Crippen molar-refractivity contribution in [1.82, 2.24) is 29.9 Å². The van der Waals surface area contributed by atoms with E-state index in [1.165, 1.54) is 12.5 Å². The lowest BCUT2D eigenvalue weighted by Gasteiger charge is -2.14. The smallest absolute Gasteiger partial charge is 0.422 e. The molecule has 0 aliphatic carbocycles. The van der Waals surface area contributed by atoms with Crippen molar-refractivity contribution in [2.45, 2.75) is 29.8 Å². The van der Waals surface area contributed by atoms with Crippen LogP contribution in [0.5, 0.6) is 5.88 Å². The summed E-state index contributed by atoms with van der Waals surface area (Å²) in [7, 11) is 0. The van der Waals surface area contributed by atoms with Crippen molar-refractivity contribution in [3.63, 3.8) is 0 Å². The van der Waals surface area contributed by atoms with E-state index >= 15 is 0 Å². The Labute approximate surface area is 165 Å². The second kappa shape index (κ2) is 8.46. The largest absolute Gasteiger partial charge is 0.468 e. The van der Waals surface area contributed by atoms with E-state index in [1.54, 1.807) is 6.92 Å². The van der Waals surface area contributed by atoms with Gasteiger partial charge in [0.05, 0.1) is 11.6 Å².